The van der Waals surface area contributed by atoms with Gasteiger partial charge in [0.1, 0.15) is 11.8 Å². The van der Waals surface area contributed by atoms with Gasteiger partial charge in [-0.15, -0.1) is 0 Å². The van der Waals surface area contributed by atoms with Gasteiger partial charge < -0.3 is 26.0 Å². The summed E-state index contributed by atoms with van der Waals surface area (Å²) in [6.45, 7) is 2.25. The molecule has 1 aliphatic heterocycles. The van der Waals surface area contributed by atoms with Crippen LogP contribution in [0.15, 0.2) is 30.3 Å². The number of unbranched alkanes of at least 4 members (excludes halogenated alkanes) is 1. The first-order chi connectivity index (χ1) is 14.7. The van der Waals surface area contributed by atoms with E-state index in [1.165, 1.54) is 6.92 Å². The van der Waals surface area contributed by atoms with Crippen molar-refractivity contribution in [3.8, 4) is 0 Å². The Labute approximate surface area is 181 Å². The number of ether oxygens (including phenoxy) is 1. The van der Waals surface area contributed by atoms with Crippen LogP contribution in [-0.4, -0.2) is 53.8 Å². The van der Waals surface area contributed by atoms with E-state index in [0.29, 0.717) is 37.9 Å². The summed E-state index contributed by atoms with van der Waals surface area (Å²) in [6.07, 6.45) is 1.03. The minimum Gasteiger partial charge on any atom is -0.390 e. The summed E-state index contributed by atoms with van der Waals surface area (Å²) in [6, 6.07) is 7.64. The SMILES string of the molecule is CC(OP(=O)(O)C(CCCCN)NC(=O)c1ccccc1)C(=O)OC(=O)[C@@H]1CCCN1. The van der Waals surface area contributed by atoms with Crippen LogP contribution in [0.5, 0.6) is 0 Å². The van der Waals surface area contributed by atoms with E-state index in [2.05, 4.69) is 10.6 Å². The molecule has 31 heavy (non-hydrogen) atoms. The van der Waals surface area contributed by atoms with E-state index in [0.717, 1.165) is 6.42 Å². The normalized spacial score (nSPS) is 19.8. The molecular formula is C20H30N3O7P. The first-order valence-electron chi connectivity index (χ1n) is 10.3. The Morgan fingerprint density at radius 2 is 2.00 bits per heavy atom. The molecule has 1 aromatic carbocycles. The number of hydrogen-bond donors (Lipinski definition) is 4. The summed E-state index contributed by atoms with van der Waals surface area (Å²) in [4.78, 5) is 47.2. The molecule has 0 radical (unpaired) electrons. The van der Waals surface area contributed by atoms with Crippen LogP contribution >= 0.6 is 7.60 Å². The smallest absolute Gasteiger partial charge is 0.351 e. The molecule has 10 nitrogen and oxygen atoms in total. The van der Waals surface area contributed by atoms with E-state index in [9.17, 15) is 23.8 Å². The van der Waals surface area contributed by atoms with Crippen molar-refractivity contribution in [2.24, 2.45) is 5.73 Å². The van der Waals surface area contributed by atoms with Crippen molar-refractivity contribution in [2.45, 2.75) is 57.0 Å². The number of hydrogen-bond acceptors (Lipinski definition) is 8. The zero-order valence-corrected chi connectivity index (χ0v) is 18.4. The molecule has 1 aliphatic rings. The topological polar surface area (TPSA) is 157 Å². The van der Waals surface area contributed by atoms with Gasteiger partial charge in [0.05, 0.1) is 0 Å². The lowest BCUT2D eigenvalue weighted by atomic mass is 10.2. The summed E-state index contributed by atoms with van der Waals surface area (Å²) < 4.78 is 22.8. The summed E-state index contributed by atoms with van der Waals surface area (Å²) in [5.74, 6) is -3.62. The monoisotopic (exact) mass is 455 g/mol. The van der Waals surface area contributed by atoms with Crippen LogP contribution in [0.4, 0.5) is 0 Å². The molecule has 2 rings (SSSR count). The summed E-state index contributed by atoms with van der Waals surface area (Å²) in [5, 5.41) is 5.42. The molecule has 1 amide bonds. The fourth-order valence-corrected chi connectivity index (χ4v) is 4.58. The van der Waals surface area contributed by atoms with Crippen molar-refractivity contribution < 1.29 is 33.1 Å². The van der Waals surface area contributed by atoms with Crippen LogP contribution in [0.3, 0.4) is 0 Å². The lowest BCUT2D eigenvalue weighted by Crippen LogP contribution is -2.38. The molecular weight excluding hydrogens is 425 g/mol. The van der Waals surface area contributed by atoms with Crippen molar-refractivity contribution in [1.29, 1.82) is 0 Å². The first-order valence-corrected chi connectivity index (χ1v) is 11.9. The van der Waals surface area contributed by atoms with Crippen molar-refractivity contribution in [1.82, 2.24) is 10.6 Å². The number of benzene rings is 1. The van der Waals surface area contributed by atoms with Crippen LogP contribution in [0.1, 0.15) is 49.4 Å². The van der Waals surface area contributed by atoms with Gasteiger partial charge >= 0.3 is 19.5 Å². The molecule has 1 saturated heterocycles. The zero-order valence-electron chi connectivity index (χ0n) is 17.5. The molecule has 1 heterocycles. The van der Waals surface area contributed by atoms with E-state index >= 15 is 0 Å². The Morgan fingerprint density at radius 1 is 1.29 bits per heavy atom. The van der Waals surface area contributed by atoms with Crippen molar-refractivity contribution in [3.63, 3.8) is 0 Å². The highest BCUT2D eigenvalue weighted by Crippen LogP contribution is 2.49. The second kappa shape index (κ2) is 12.1. The van der Waals surface area contributed by atoms with Gasteiger partial charge in [-0.25, -0.2) is 9.59 Å². The van der Waals surface area contributed by atoms with Gasteiger partial charge in [0.25, 0.3) is 5.91 Å². The third-order valence-corrected chi connectivity index (χ3v) is 6.64. The Hall–Kier alpha value is -2.10. The Bertz CT molecular complexity index is 799. The lowest BCUT2D eigenvalue weighted by molar-refractivity contribution is -0.165. The van der Waals surface area contributed by atoms with E-state index in [4.69, 9.17) is 15.0 Å². The predicted molar refractivity (Wildman–Crippen MR) is 113 cm³/mol. The molecule has 1 aromatic rings. The molecule has 1 fully saturated rings. The zero-order chi connectivity index (χ0) is 22.9. The molecule has 0 spiro atoms. The largest absolute Gasteiger partial charge is 0.390 e. The number of nitrogens with two attached hydrogens (primary N) is 1. The standard InChI is InChI=1S/C20H30N3O7P/c1-14(19(25)29-20(26)16-10-7-13-22-16)30-31(27,28)17(11-5-6-12-21)23-18(24)15-8-3-2-4-9-15/h2-4,8-9,14,16-17,22H,5-7,10-13,21H2,1H3,(H,23,24)(H,27,28)/t14?,16-,17?/m0/s1. The highest BCUT2D eigenvalue weighted by Gasteiger charge is 2.38. The van der Waals surface area contributed by atoms with Gasteiger partial charge in [0.2, 0.25) is 0 Å². The molecule has 172 valence electrons. The summed E-state index contributed by atoms with van der Waals surface area (Å²) in [5.41, 5.74) is 5.80. The predicted octanol–water partition coefficient (Wildman–Crippen LogP) is 1.28. The number of esters is 2. The number of amides is 1. The Balaban J connectivity index is 2.02. The van der Waals surface area contributed by atoms with Gasteiger partial charge in [-0.05, 0) is 64.3 Å². The second-order valence-electron chi connectivity index (χ2n) is 7.34. The van der Waals surface area contributed by atoms with Gasteiger partial charge in [0.15, 0.2) is 6.10 Å². The number of carbonyl (C=O) groups excluding carboxylic acids is 3. The number of carbonyl (C=O) groups is 3. The molecule has 3 unspecified atom stereocenters. The number of nitrogens with one attached hydrogen (secondary N) is 2. The average Bonchev–Trinajstić information content (AvgIpc) is 3.28. The van der Waals surface area contributed by atoms with Crippen LogP contribution in [0.25, 0.3) is 0 Å². The quantitative estimate of drug-likeness (QED) is 0.167. The van der Waals surface area contributed by atoms with Crippen molar-refractivity contribution >= 4 is 25.4 Å². The van der Waals surface area contributed by atoms with E-state index in [1.807, 2.05) is 0 Å². The van der Waals surface area contributed by atoms with Crippen LogP contribution in [-0.2, 0) is 23.4 Å². The molecule has 4 atom stereocenters. The molecule has 0 aromatic heterocycles. The number of rotatable bonds is 11. The van der Waals surface area contributed by atoms with Crippen molar-refractivity contribution in [3.05, 3.63) is 35.9 Å². The summed E-state index contributed by atoms with van der Waals surface area (Å²) in [7, 11) is -4.50. The molecule has 0 aliphatic carbocycles. The minimum absolute atomic E-state index is 0.121. The van der Waals surface area contributed by atoms with Crippen LogP contribution in [0, 0.1) is 0 Å². The van der Waals surface area contributed by atoms with Gasteiger partial charge in [-0.2, -0.15) is 0 Å². The fraction of sp³-hybridized carbons (Fsp3) is 0.550. The van der Waals surface area contributed by atoms with Gasteiger partial charge in [-0.1, -0.05) is 18.2 Å². The fourth-order valence-electron chi connectivity index (χ4n) is 3.11. The molecule has 5 N–H and O–H groups in total. The maximum Gasteiger partial charge on any atom is 0.351 e. The van der Waals surface area contributed by atoms with E-state index < -0.39 is 43.4 Å². The van der Waals surface area contributed by atoms with E-state index in [-0.39, 0.29) is 6.42 Å². The van der Waals surface area contributed by atoms with Crippen molar-refractivity contribution in [2.75, 3.05) is 13.1 Å². The maximum atomic E-state index is 12.9. The van der Waals surface area contributed by atoms with Crippen LogP contribution < -0.4 is 16.4 Å². The highest BCUT2D eigenvalue weighted by atomic mass is 31.2. The summed E-state index contributed by atoms with van der Waals surface area (Å²) >= 11 is 0. The second-order valence-corrected chi connectivity index (χ2v) is 9.30. The third kappa shape index (κ3) is 7.83. The molecule has 0 saturated carbocycles. The third-order valence-electron chi connectivity index (χ3n) is 4.85. The maximum absolute atomic E-state index is 12.9. The average molecular weight is 455 g/mol. The Morgan fingerprint density at radius 3 is 2.61 bits per heavy atom. The lowest BCUT2D eigenvalue weighted by Gasteiger charge is -2.25. The van der Waals surface area contributed by atoms with E-state index in [1.54, 1.807) is 30.3 Å². The van der Waals surface area contributed by atoms with Gasteiger partial charge in [0, 0.05) is 5.56 Å². The minimum atomic E-state index is -4.50. The van der Waals surface area contributed by atoms with Gasteiger partial charge in [-0.3, -0.25) is 13.9 Å². The van der Waals surface area contributed by atoms with Crippen LogP contribution in [0.2, 0.25) is 0 Å². The molecule has 11 heteroatoms. The first kappa shape index (κ1) is 25.2. The highest BCUT2D eigenvalue weighted by molar-refractivity contribution is 7.53. The Kier molecular flexibility index (Phi) is 9.80. The molecule has 0 bridgehead atoms.